The van der Waals surface area contributed by atoms with Crippen LogP contribution >= 0.6 is 0 Å². The number of hydrogen-bond donors (Lipinski definition) is 3. The number of ether oxygens (including phenoxy) is 1. The highest BCUT2D eigenvalue weighted by molar-refractivity contribution is 5.71. The molecule has 1 aliphatic rings. The number of hydrogen-bond acceptors (Lipinski definition) is 6. The lowest BCUT2D eigenvalue weighted by Gasteiger charge is -2.37. The predicted molar refractivity (Wildman–Crippen MR) is 48.2 cm³/mol. The van der Waals surface area contributed by atoms with Crippen molar-refractivity contribution in [2.24, 2.45) is 11.0 Å². The Morgan fingerprint density at radius 1 is 1.60 bits per heavy atom. The molecule has 0 aromatic rings. The molecule has 0 aromatic carbocycles. The lowest BCUT2D eigenvalue weighted by Crippen LogP contribution is -2.56. The lowest BCUT2D eigenvalue weighted by molar-refractivity contribution is -0.204. The highest BCUT2D eigenvalue weighted by Crippen LogP contribution is 2.22. The first kappa shape index (κ1) is 11.8. The summed E-state index contributed by atoms with van der Waals surface area (Å²) in [5.74, 6) is 0. The Bertz CT molecular complexity index is 261. The highest BCUT2D eigenvalue weighted by atomic mass is 16.5. The van der Waals surface area contributed by atoms with Crippen LogP contribution in [0.5, 0.6) is 0 Å². The molecule has 0 radical (unpaired) electrons. The van der Waals surface area contributed by atoms with Crippen molar-refractivity contribution in [3.63, 3.8) is 0 Å². The van der Waals surface area contributed by atoms with Gasteiger partial charge in [-0.1, -0.05) is 0 Å². The fraction of sp³-hybridized carbons (Fsp3) is 0.857. The van der Waals surface area contributed by atoms with Gasteiger partial charge in [-0.2, -0.15) is 0 Å². The molecular weight excluding hydrogens is 206 g/mol. The largest absolute Gasteiger partial charge is 0.390 e. The third kappa shape index (κ3) is 2.41. The number of primary amides is 1. The van der Waals surface area contributed by atoms with E-state index in [1.807, 2.05) is 0 Å². The summed E-state index contributed by atoms with van der Waals surface area (Å²) >= 11 is 0. The molecule has 0 spiro atoms. The molecule has 0 bridgehead atoms. The van der Waals surface area contributed by atoms with Gasteiger partial charge in [-0.15, -0.1) is 9.92 Å². The third-order valence-corrected chi connectivity index (χ3v) is 2.19. The number of nitroso groups, excluding NO2 is 1. The molecule has 8 heteroatoms. The van der Waals surface area contributed by atoms with Gasteiger partial charge in [0, 0.05) is 6.42 Å². The van der Waals surface area contributed by atoms with Crippen molar-refractivity contribution in [3.8, 4) is 0 Å². The van der Waals surface area contributed by atoms with Crippen LogP contribution in [0.1, 0.15) is 13.3 Å². The second-order valence-corrected chi connectivity index (χ2v) is 3.40. The quantitative estimate of drug-likeness (QED) is 0.401. The zero-order valence-corrected chi connectivity index (χ0v) is 8.11. The van der Waals surface area contributed by atoms with E-state index in [4.69, 9.17) is 10.5 Å². The number of nitrogens with zero attached hydrogens (tertiary/aromatic N) is 2. The Morgan fingerprint density at radius 3 is 2.67 bits per heavy atom. The summed E-state index contributed by atoms with van der Waals surface area (Å²) < 4.78 is 5.10. The van der Waals surface area contributed by atoms with E-state index >= 15 is 0 Å². The van der Waals surface area contributed by atoms with E-state index in [0.717, 1.165) is 0 Å². The lowest BCUT2D eigenvalue weighted by atomic mass is 10.0. The second-order valence-electron chi connectivity index (χ2n) is 3.40. The van der Waals surface area contributed by atoms with Gasteiger partial charge in [0.15, 0.2) is 6.23 Å². The molecule has 8 nitrogen and oxygen atoms in total. The van der Waals surface area contributed by atoms with Crippen molar-refractivity contribution >= 4 is 6.03 Å². The molecule has 0 unspecified atom stereocenters. The first-order valence-corrected chi connectivity index (χ1v) is 4.41. The van der Waals surface area contributed by atoms with Crippen molar-refractivity contribution in [2.75, 3.05) is 0 Å². The molecule has 1 heterocycles. The van der Waals surface area contributed by atoms with E-state index in [0.29, 0.717) is 0 Å². The van der Waals surface area contributed by atoms with Crippen LogP contribution in [0.25, 0.3) is 0 Å². The molecule has 15 heavy (non-hydrogen) atoms. The summed E-state index contributed by atoms with van der Waals surface area (Å²) in [7, 11) is 0. The molecule has 4 N–H and O–H groups in total. The van der Waals surface area contributed by atoms with Gasteiger partial charge in [-0.3, -0.25) is 0 Å². The Hall–Kier alpha value is -1.25. The van der Waals surface area contributed by atoms with Crippen LogP contribution in [-0.4, -0.2) is 45.8 Å². The van der Waals surface area contributed by atoms with Crippen molar-refractivity contribution in [2.45, 2.75) is 37.9 Å². The van der Waals surface area contributed by atoms with Crippen LogP contribution in [0.4, 0.5) is 4.79 Å². The van der Waals surface area contributed by atoms with Crippen LogP contribution in [-0.2, 0) is 4.74 Å². The summed E-state index contributed by atoms with van der Waals surface area (Å²) in [5, 5.41) is 21.5. The van der Waals surface area contributed by atoms with Gasteiger partial charge >= 0.3 is 6.03 Å². The minimum Gasteiger partial charge on any atom is -0.390 e. The van der Waals surface area contributed by atoms with Gasteiger partial charge in [0.05, 0.1) is 17.5 Å². The highest BCUT2D eigenvalue weighted by Gasteiger charge is 2.41. The van der Waals surface area contributed by atoms with Gasteiger partial charge in [-0.05, 0) is 6.92 Å². The maximum absolute atomic E-state index is 10.8. The standard InChI is InChI=1S/C7H13N3O5/c1-3-2-4(11)5(12)6(15-3)10(9-14)7(8)13/h3-6,11-12H,2H2,1H3,(H2,8,13)/t3-,4+,5-,6+/m1/s1. The molecule has 0 aliphatic carbocycles. The second kappa shape index (κ2) is 4.51. The molecule has 1 fully saturated rings. The zero-order chi connectivity index (χ0) is 11.6. The summed E-state index contributed by atoms with van der Waals surface area (Å²) in [6.07, 6.45) is -4.01. The van der Waals surface area contributed by atoms with Gasteiger partial charge in [0.2, 0.25) is 0 Å². The Kier molecular flexibility index (Phi) is 3.56. The van der Waals surface area contributed by atoms with Crippen molar-refractivity contribution in [1.29, 1.82) is 0 Å². The van der Waals surface area contributed by atoms with E-state index in [9.17, 15) is 19.9 Å². The average Bonchev–Trinajstić information content (AvgIpc) is 2.13. The molecule has 1 aliphatic heterocycles. The molecule has 1 saturated heterocycles. The monoisotopic (exact) mass is 219 g/mol. The first-order valence-electron chi connectivity index (χ1n) is 4.41. The average molecular weight is 219 g/mol. The van der Waals surface area contributed by atoms with Gasteiger partial charge in [0.1, 0.15) is 6.10 Å². The molecule has 86 valence electrons. The van der Waals surface area contributed by atoms with Crippen LogP contribution in [0.3, 0.4) is 0 Å². The predicted octanol–water partition coefficient (Wildman–Crippen LogP) is -1.09. The van der Waals surface area contributed by atoms with Crippen molar-refractivity contribution < 1.29 is 19.7 Å². The summed E-state index contributed by atoms with van der Waals surface area (Å²) in [6, 6.07) is -1.14. The summed E-state index contributed by atoms with van der Waals surface area (Å²) in [4.78, 5) is 21.1. The zero-order valence-electron chi connectivity index (χ0n) is 8.11. The maximum Gasteiger partial charge on any atom is 0.340 e. The summed E-state index contributed by atoms with van der Waals surface area (Å²) in [5.41, 5.74) is 4.85. The van der Waals surface area contributed by atoms with Gasteiger partial charge < -0.3 is 20.7 Å². The Morgan fingerprint density at radius 2 is 2.20 bits per heavy atom. The van der Waals surface area contributed by atoms with Crippen LogP contribution in [0.15, 0.2) is 5.29 Å². The minimum atomic E-state index is -1.40. The smallest absolute Gasteiger partial charge is 0.340 e. The number of carbonyl (C=O) groups excluding carboxylic acids is 1. The van der Waals surface area contributed by atoms with Crippen LogP contribution in [0.2, 0.25) is 0 Å². The minimum absolute atomic E-state index is 0.211. The number of nitrogens with two attached hydrogens (primary N) is 1. The van der Waals surface area contributed by atoms with E-state index in [1.165, 1.54) is 0 Å². The van der Waals surface area contributed by atoms with E-state index in [1.54, 1.807) is 6.92 Å². The summed E-state index contributed by atoms with van der Waals surface area (Å²) in [6.45, 7) is 1.63. The number of carbonyl (C=O) groups is 1. The number of amides is 2. The molecule has 4 atom stereocenters. The molecule has 0 aromatic heterocycles. The van der Waals surface area contributed by atoms with Crippen LogP contribution in [0, 0.1) is 4.91 Å². The normalized spacial score (nSPS) is 35.9. The SMILES string of the molecule is C[C@@H]1C[C@H](O)[C@@H](O)[C@@H](N(N=O)C(N)=O)O1. The molecular formula is C7H13N3O5. The third-order valence-electron chi connectivity index (χ3n) is 2.19. The fourth-order valence-electron chi connectivity index (χ4n) is 1.46. The maximum atomic E-state index is 10.8. The number of aliphatic hydroxyl groups is 2. The van der Waals surface area contributed by atoms with Crippen LogP contribution < -0.4 is 5.73 Å². The fourth-order valence-corrected chi connectivity index (χ4v) is 1.46. The molecule has 2 amide bonds. The topological polar surface area (TPSA) is 125 Å². The molecule has 0 saturated carbocycles. The number of rotatable bonds is 2. The molecule has 1 rings (SSSR count). The van der Waals surface area contributed by atoms with Gasteiger partial charge in [0.25, 0.3) is 0 Å². The van der Waals surface area contributed by atoms with E-state index in [-0.39, 0.29) is 11.4 Å². The number of urea groups is 1. The first-order chi connectivity index (χ1) is 6.97. The Balaban J connectivity index is 2.81. The van der Waals surface area contributed by atoms with E-state index in [2.05, 4.69) is 5.29 Å². The van der Waals surface area contributed by atoms with Crippen molar-refractivity contribution in [1.82, 2.24) is 5.01 Å². The van der Waals surface area contributed by atoms with E-state index < -0.39 is 30.6 Å². The van der Waals surface area contributed by atoms with Crippen molar-refractivity contribution in [3.05, 3.63) is 4.91 Å². The Labute approximate surface area is 85.6 Å². The number of aliphatic hydroxyl groups excluding tert-OH is 2. The van der Waals surface area contributed by atoms with Gasteiger partial charge in [-0.25, -0.2) is 4.79 Å².